The molecule has 2 atom stereocenters. The Hall–Kier alpha value is -1.68. The van der Waals surface area contributed by atoms with E-state index in [9.17, 15) is 13.2 Å². The molecule has 23 heavy (non-hydrogen) atoms. The van der Waals surface area contributed by atoms with Gasteiger partial charge in [-0.1, -0.05) is 0 Å². The maximum absolute atomic E-state index is 12.3. The Morgan fingerprint density at radius 1 is 1.30 bits per heavy atom. The predicted molar refractivity (Wildman–Crippen MR) is 83.5 cm³/mol. The van der Waals surface area contributed by atoms with Gasteiger partial charge in [0.25, 0.3) is 0 Å². The highest BCUT2D eigenvalue weighted by molar-refractivity contribution is 7.91. The number of aryl methyl sites for hydroxylation is 1. The highest BCUT2D eigenvalue weighted by Gasteiger charge is 2.48. The number of nitrogens with zero attached hydrogens (tertiary/aromatic N) is 5. The Bertz CT molecular complexity index is 700. The van der Waals surface area contributed by atoms with Gasteiger partial charge in [0.15, 0.2) is 15.7 Å². The van der Waals surface area contributed by atoms with E-state index in [1.807, 2.05) is 6.92 Å². The lowest BCUT2D eigenvalue weighted by atomic mass is 10.1. The van der Waals surface area contributed by atoms with Crippen LogP contribution < -0.4 is 0 Å². The van der Waals surface area contributed by atoms with Crippen molar-refractivity contribution in [2.24, 2.45) is 0 Å². The summed E-state index contributed by atoms with van der Waals surface area (Å²) in [4.78, 5) is 21.9. The molecule has 2 amide bonds. The van der Waals surface area contributed by atoms with Crippen molar-refractivity contribution in [3.63, 3.8) is 0 Å². The van der Waals surface area contributed by atoms with E-state index in [0.29, 0.717) is 25.5 Å². The smallest absolute Gasteiger partial charge is 0.319 e. The van der Waals surface area contributed by atoms with Gasteiger partial charge in [0.05, 0.1) is 24.1 Å². The molecule has 0 radical (unpaired) electrons. The fourth-order valence-electron chi connectivity index (χ4n) is 3.36. The molecule has 3 heterocycles. The largest absolute Gasteiger partial charge is 0.331 e. The van der Waals surface area contributed by atoms with Crippen molar-refractivity contribution < 1.29 is 13.2 Å². The second-order valence-corrected chi connectivity index (χ2v) is 8.54. The van der Waals surface area contributed by atoms with Crippen molar-refractivity contribution in [2.75, 3.05) is 38.7 Å². The maximum Gasteiger partial charge on any atom is 0.319 e. The van der Waals surface area contributed by atoms with Gasteiger partial charge in [-0.25, -0.2) is 18.2 Å². The van der Waals surface area contributed by atoms with Gasteiger partial charge in [0, 0.05) is 33.2 Å². The Kier molecular flexibility index (Phi) is 4.05. The van der Waals surface area contributed by atoms with Gasteiger partial charge in [0.2, 0.25) is 0 Å². The van der Waals surface area contributed by atoms with E-state index < -0.39 is 9.84 Å². The van der Waals surface area contributed by atoms with Gasteiger partial charge < -0.3 is 9.80 Å². The van der Waals surface area contributed by atoms with E-state index >= 15 is 0 Å². The maximum atomic E-state index is 12.3. The fourth-order valence-corrected chi connectivity index (χ4v) is 5.37. The van der Waals surface area contributed by atoms with Crippen LogP contribution in [0.2, 0.25) is 0 Å². The van der Waals surface area contributed by atoms with E-state index in [4.69, 9.17) is 0 Å². The monoisotopic (exact) mass is 342 g/mol. The summed E-state index contributed by atoms with van der Waals surface area (Å²) in [7, 11) is 0.225. The van der Waals surface area contributed by atoms with Crippen molar-refractivity contribution in [3.05, 3.63) is 11.6 Å². The Balaban J connectivity index is 1.82. The molecule has 2 aliphatic rings. The second kappa shape index (κ2) is 5.75. The molecule has 3 rings (SSSR count). The molecule has 2 fully saturated rings. The molecule has 0 unspecified atom stereocenters. The summed E-state index contributed by atoms with van der Waals surface area (Å²) < 4.78 is 24.2. The topological polar surface area (TPSA) is 102 Å². The first-order valence-electron chi connectivity index (χ1n) is 7.57. The van der Waals surface area contributed by atoms with Crippen LogP contribution in [-0.4, -0.2) is 95.1 Å². The third kappa shape index (κ3) is 3.18. The minimum Gasteiger partial charge on any atom is -0.331 e. The summed E-state index contributed by atoms with van der Waals surface area (Å²) in [6, 6.07) is -0.634. The van der Waals surface area contributed by atoms with Crippen LogP contribution in [0, 0.1) is 6.92 Å². The first kappa shape index (κ1) is 16.2. The summed E-state index contributed by atoms with van der Waals surface area (Å²) in [5.41, 5.74) is 0. The third-order valence-electron chi connectivity index (χ3n) is 4.41. The zero-order chi connectivity index (χ0) is 16.8. The van der Waals surface area contributed by atoms with Gasteiger partial charge >= 0.3 is 6.03 Å². The molecule has 2 aliphatic heterocycles. The zero-order valence-electron chi connectivity index (χ0n) is 13.6. The molecule has 0 bridgehead atoms. The number of sulfone groups is 1. The van der Waals surface area contributed by atoms with E-state index in [0.717, 1.165) is 5.82 Å². The van der Waals surface area contributed by atoms with Crippen molar-refractivity contribution >= 4 is 15.9 Å². The van der Waals surface area contributed by atoms with Crippen molar-refractivity contribution in [1.82, 2.24) is 29.9 Å². The minimum absolute atomic E-state index is 0.0285. The molecule has 1 aromatic heterocycles. The lowest BCUT2D eigenvalue weighted by Gasteiger charge is -2.44. The quantitative estimate of drug-likeness (QED) is 0.745. The fraction of sp³-hybridized carbons (Fsp3) is 0.769. The first-order valence-corrected chi connectivity index (χ1v) is 9.39. The Morgan fingerprint density at radius 2 is 2.00 bits per heavy atom. The molecule has 10 heteroatoms. The van der Waals surface area contributed by atoms with Gasteiger partial charge in [-0.2, -0.15) is 5.10 Å². The molecule has 2 saturated heterocycles. The van der Waals surface area contributed by atoms with Crippen molar-refractivity contribution in [1.29, 1.82) is 0 Å². The van der Waals surface area contributed by atoms with Crippen LogP contribution in [-0.2, 0) is 16.4 Å². The molecule has 1 aromatic rings. The van der Waals surface area contributed by atoms with E-state index in [2.05, 4.69) is 20.1 Å². The van der Waals surface area contributed by atoms with Gasteiger partial charge in [-0.05, 0) is 6.92 Å². The molecule has 0 aromatic carbocycles. The van der Waals surface area contributed by atoms with Crippen LogP contribution >= 0.6 is 0 Å². The number of H-pyrrole nitrogens is 1. The number of rotatable bonds is 2. The molecule has 0 spiro atoms. The number of urea groups is 1. The molecule has 0 aliphatic carbocycles. The van der Waals surface area contributed by atoms with Crippen molar-refractivity contribution in [2.45, 2.75) is 25.6 Å². The van der Waals surface area contributed by atoms with Gasteiger partial charge in [-0.3, -0.25) is 10.00 Å². The van der Waals surface area contributed by atoms with Crippen LogP contribution in [0.25, 0.3) is 0 Å². The number of carbonyl (C=O) groups is 1. The summed E-state index contributed by atoms with van der Waals surface area (Å²) in [5.74, 6) is 1.49. The predicted octanol–water partition coefficient (Wildman–Crippen LogP) is -0.922. The van der Waals surface area contributed by atoms with Gasteiger partial charge in [0.1, 0.15) is 5.82 Å². The number of aromatic nitrogens is 3. The summed E-state index contributed by atoms with van der Waals surface area (Å²) in [6.07, 6.45) is 0. The molecular weight excluding hydrogens is 320 g/mol. The lowest BCUT2D eigenvalue weighted by molar-refractivity contribution is 0.0506. The molecule has 128 valence electrons. The number of hydrogen-bond donors (Lipinski definition) is 1. The zero-order valence-corrected chi connectivity index (χ0v) is 14.4. The van der Waals surface area contributed by atoms with Crippen LogP contribution in [0.3, 0.4) is 0 Å². The number of aromatic amines is 1. The number of piperazine rings is 1. The van der Waals surface area contributed by atoms with Gasteiger partial charge in [-0.15, -0.1) is 0 Å². The third-order valence-corrected chi connectivity index (χ3v) is 6.11. The average molecular weight is 342 g/mol. The number of amides is 2. The lowest BCUT2D eigenvalue weighted by Crippen LogP contribution is -2.61. The number of hydrogen-bond acceptors (Lipinski definition) is 6. The highest BCUT2D eigenvalue weighted by atomic mass is 32.2. The SMILES string of the molecule is Cc1nc(CN2CCN(C(=O)N(C)C)[C@@H]3CS(=O)(=O)C[C@@H]32)n[nH]1. The molecule has 0 saturated carbocycles. The van der Waals surface area contributed by atoms with Crippen LogP contribution in [0.5, 0.6) is 0 Å². The Labute approximate surface area is 135 Å². The van der Waals surface area contributed by atoms with Crippen LogP contribution in [0.15, 0.2) is 0 Å². The normalized spacial score (nSPS) is 27.0. The van der Waals surface area contributed by atoms with E-state index in [-0.39, 0.29) is 29.6 Å². The highest BCUT2D eigenvalue weighted by Crippen LogP contribution is 2.28. The van der Waals surface area contributed by atoms with E-state index in [1.54, 1.807) is 19.0 Å². The summed E-state index contributed by atoms with van der Waals surface area (Å²) in [6.45, 7) is 3.44. The second-order valence-electron chi connectivity index (χ2n) is 6.39. The van der Waals surface area contributed by atoms with Crippen LogP contribution in [0.4, 0.5) is 4.79 Å². The molecular formula is C13H22N6O3S. The number of carbonyl (C=O) groups excluding carboxylic acids is 1. The average Bonchev–Trinajstić information content (AvgIpc) is 3.00. The van der Waals surface area contributed by atoms with E-state index in [1.165, 1.54) is 4.90 Å². The van der Waals surface area contributed by atoms with Crippen molar-refractivity contribution in [3.8, 4) is 0 Å². The number of fused-ring (bicyclic) bond motifs is 1. The van der Waals surface area contributed by atoms with Crippen LogP contribution in [0.1, 0.15) is 11.6 Å². The first-order chi connectivity index (χ1) is 10.8. The Morgan fingerprint density at radius 3 is 2.61 bits per heavy atom. The number of nitrogens with one attached hydrogen (secondary N) is 1. The molecule has 9 nitrogen and oxygen atoms in total. The standard InChI is InChI=1S/C13H22N6O3S/c1-9-14-12(16-15-9)6-18-4-5-19(13(20)17(2)3)11-8-23(21,22)7-10(11)18/h10-11H,4-8H2,1-3H3,(H,14,15,16)/t10-,11+/m0/s1. The summed E-state index contributed by atoms with van der Waals surface area (Å²) in [5, 5.41) is 6.93. The summed E-state index contributed by atoms with van der Waals surface area (Å²) >= 11 is 0. The minimum atomic E-state index is -3.14. The molecule has 1 N–H and O–H groups in total.